The van der Waals surface area contributed by atoms with Crippen LogP contribution >= 0.6 is 7.82 Å². The van der Waals surface area contributed by atoms with Crippen LogP contribution in [0.1, 0.15) is 277 Å². The number of rotatable bonds is 54. The maximum Gasteiger partial charge on any atom is 0.472 e. The van der Waals surface area contributed by atoms with E-state index < -0.39 is 20.0 Å². The Hall–Kier alpha value is -1.54. The Morgan fingerprint density at radius 3 is 1.20 bits per heavy atom. The topological polar surface area (TPSA) is 105 Å². The fourth-order valence-corrected chi connectivity index (χ4v) is 9.37. The number of aliphatic hydroxyl groups is 1. The number of unbranched alkanes of at least 4 members (excludes halogenated alkanes) is 35. The molecule has 0 saturated carbocycles. The van der Waals surface area contributed by atoms with Gasteiger partial charge in [0.2, 0.25) is 5.91 Å². The summed E-state index contributed by atoms with van der Waals surface area (Å²) in [6.07, 6.45) is 67.9. The standard InChI is InChI=1S/C60H115N2O6P/c1-6-8-10-12-14-16-18-20-22-23-24-25-26-27-28-29-30-31-32-33-34-35-36-37-38-39-40-42-44-46-48-50-52-54-60(64)61-58(57-68-69(65,66)67-56-55-62(3,4)5)59(63)53-51-49-47-45-43-41-21-19-17-15-13-11-9-7-2/h18,20,23-24,26-27,51,53,58-59,63H,6-17,19,21-22,25,28-50,52,54-57H2,1-5H3,(H-,61,64,65,66)/p+1/b20-18-,24-23-,27-26-,53-51+. The molecule has 0 aromatic carbocycles. The van der Waals surface area contributed by atoms with E-state index in [1.807, 2.05) is 27.2 Å². The summed E-state index contributed by atoms with van der Waals surface area (Å²) in [5.74, 6) is -0.175. The van der Waals surface area contributed by atoms with Gasteiger partial charge >= 0.3 is 7.82 Å². The number of hydrogen-bond donors (Lipinski definition) is 3. The summed E-state index contributed by atoms with van der Waals surface area (Å²) < 4.78 is 23.7. The summed E-state index contributed by atoms with van der Waals surface area (Å²) in [6.45, 7) is 4.82. The number of allylic oxidation sites excluding steroid dienone is 7. The minimum absolute atomic E-state index is 0.0621. The van der Waals surface area contributed by atoms with Crippen LogP contribution in [0.3, 0.4) is 0 Å². The van der Waals surface area contributed by atoms with Crippen LogP contribution in [0, 0.1) is 0 Å². The third-order valence-corrected chi connectivity index (χ3v) is 14.3. The number of nitrogens with zero attached hydrogens (tertiary/aromatic N) is 1. The van der Waals surface area contributed by atoms with E-state index in [1.165, 1.54) is 205 Å². The lowest BCUT2D eigenvalue weighted by Crippen LogP contribution is -2.45. The fourth-order valence-electron chi connectivity index (χ4n) is 8.64. The fraction of sp³-hybridized carbons (Fsp3) is 0.850. The van der Waals surface area contributed by atoms with E-state index in [0.717, 1.165) is 51.4 Å². The van der Waals surface area contributed by atoms with Crippen LogP contribution in [0.4, 0.5) is 0 Å². The number of amides is 1. The minimum Gasteiger partial charge on any atom is -0.387 e. The van der Waals surface area contributed by atoms with Gasteiger partial charge in [-0.3, -0.25) is 13.8 Å². The first-order valence-corrected chi connectivity index (χ1v) is 31.0. The number of aliphatic hydroxyl groups excluding tert-OH is 1. The average molecular weight is 993 g/mol. The highest BCUT2D eigenvalue weighted by atomic mass is 31.2. The maximum absolute atomic E-state index is 13.0. The van der Waals surface area contributed by atoms with Crippen LogP contribution in [0.5, 0.6) is 0 Å². The van der Waals surface area contributed by atoms with Crippen molar-refractivity contribution in [3.8, 4) is 0 Å². The molecule has 0 aromatic rings. The Morgan fingerprint density at radius 2 is 0.826 bits per heavy atom. The molecule has 0 bridgehead atoms. The van der Waals surface area contributed by atoms with Gasteiger partial charge in [0, 0.05) is 6.42 Å². The molecule has 0 aromatic heterocycles. The molecule has 0 radical (unpaired) electrons. The van der Waals surface area contributed by atoms with Crippen LogP contribution in [-0.2, 0) is 18.4 Å². The molecule has 9 heteroatoms. The number of hydrogen-bond acceptors (Lipinski definition) is 5. The van der Waals surface area contributed by atoms with Gasteiger partial charge < -0.3 is 19.8 Å². The highest BCUT2D eigenvalue weighted by Crippen LogP contribution is 2.43. The van der Waals surface area contributed by atoms with E-state index in [4.69, 9.17) is 9.05 Å². The molecule has 0 aliphatic carbocycles. The molecule has 1 amide bonds. The van der Waals surface area contributed by atoms with Crippen molar-refractivity contribution in [2.75, 3.05) is 40.9 Å². The summed E-state index contributed by atoms with van der Waals surface area (Å²) in [6, 6.07) is -0.845. The molecule has 0 fully saturated rings. The van der Waals surface area contributed by atoms with Gasteiger partial charge in [0.15, 0.2) is 0 Å². The summed E-state index contributed by atoms with van der Waals surface area (Å²) in [5.41, 5.74) is 0. The van der Waals surface area contributed by atoms with Gasteiger partial charge in [0.05, 0.1) is 39.9 Å². The van der Waals surface area contributed by atoms with Crippen molar-refractivity contribution in [3.63, 3.8) is 0 Å². The maximum atomic E-state index is 13.0. The van der Waals surface area contributed by atoms with Crippen molar-refractivity contribution in [2.45, 2.75) is 289 Å². The zero-order valence-corrected chi connectivity index (χ0v) is 47.2. The quantitative estimate of drug-likeness (QED) is 0.0243. The van der Waals surface area contributed by atoms with Gasteiger partial charge in [-0.25, -0.2) is 4.57 Å². The molecule has 3 N–H and O–H groups in total. The van der Waals surface area contributed by atoms with E-state index >= 15 is 0 Å². The van der Waals surface area contributed by atoms with Gasteiger partial charge in [-0.05, 0) is 57.8 Å². The van der Waals surface area contributed by atoms with Gasteiger partial charge in [-0.2, -0.15) is 0 Å². The number of likely N-dealkylation sites (N-methyl/N-ethyl adjacent to an activating group) is 1. The molecule has 3 unspecified atom stereocenters. The molecule has 3 atom stereocenters. The first kappa shape index (κ1) is 67.5. The molecular formula is C60H116N2O6P+. The predicted molar refractivity (Wildman–Crippen MR) is 300 cm³/mol. The lowest BCUT2D eigenvalue weighted by molar-refractivity contribution is -0.870. The van der Waals surface area contributed by atoms with Crippen molar-refractivity contribution < 1.29 is 32.9 Å². The number of phosphoric ester groups is 1. The lowest BCUT2D eigenvalue weighted by atomic mass is 10.0. The third kappa shape index (κ3) is 54.1. The van der Waals surface area contributed by atoms with Crippen molar-refractivity contribution in [2.24, 2.45) is 0 Å². The SMILES string of the molecule is CCCCCCC/C=C\C/C=C\C/C=C\CCCCCCCCCCCCCCCCCCCCC(=O)NC(COP(=O)(O)OCC[N+](C)(C)C)C(O)/C=C/CCCCCCCCCCCCCC. The second kappa shape index (κ2) is 51.4. The molecule has 8 nitrogen and oxygen atoms in total. The molecule has 406 valence electrons. The average Bonchev–Trinajstić information content (AvgIpc) is 3.31. The highest BCUT2D eigenvalue weighted by molar-refractivity contribution is 7.47. The first-order valence-electron chi connectivity index (χ1n) is 29.5. The third-order valence-electron chi connectivity index (χ3n) is 13.3. The van der Waals surface area contributed by atoms with E-state index in [-0.39, 0.29) is 19.1 Å². The van der Waals surface area contributed by atoms with E-state index in [2.05, 4.69) is 55.6 Å². The van der Waals surface area contributed by atoms with Gasteiger partial charge in [0.25, 0.3) is 0 Å². The molecule has 0 rings (SSSR count). The summed E-state index contributed by atoms with van der Waals surface area (Å²) in [7, 11) is 1.58. The lowest BCUT2D eigenvalue weighted by Gasteiger charge is -2.25. The highest BCUT2D eigenvalue weighted by Gasteiger charge is 2.27. The van der Waals surface area contributed by atoms with E-state index in [0.29, 0.717) is 17.4 Å². The Kier molecular flexibility index (Phi) is 50.2. The Labute approximate surface area is 429 Å². The minimum atomic E-state index is -4.34. The normalized spacial score (nSPS) is 14.2. The number of phosphoric acid groups is 1. The van der Waals surface area contributed by atoms with E-state index in [1.54, 1.807) is 6.08 Å². The smallest absolute Gasteiger partial charge is 0.387 e. The van der Waals surface area contributed by atoms with Crippen LogP contribution in [0.2, 0.25) is 0 Å². The first-order chi connectivity index (χ1) is 33.5. The molecular weight excluding hydrogens is 876 g/mol. The number of carbonyl (C=O) groups excluding carboxylic acids is 1. The molecule has 0 aliphatic heterocycles. The molecule has 69 heavy (non-hydrogen) atoms. The second-order valence-electron chi connectivity index (χ2n) is 21.4. The Bertz CT molecular complexity index is 1260. The van der Waals surface area contributed by atoms with Gasteiger partial charge in [0.1, 0.15) is 13.2 Å². The molecule has 0 aliphatic rings. The van der Waals surface area contributed by atoms with E-state index in [9.17, 15) is 19.4 Å². The van der Waals surface area contributed by atoms with Crippen LogP contribution < -0.4 is 5.32 Å². The van der Waals surface area contributed by atoms with Crippen molar-refractivity contribution in [1.82, 2.24) is 5.32 Å². The largest absolute Gasteiger partial charge is 0.472 e. The van der Waals surface area contributed by atoms with Crippen LogP contribution in [0.25, 0.3) is 0 Å². The summed E-state index contributed by atoms with van der Waals surface area (Å²) >= 11 is 0. The summed E-state index contributed by atoms with van der Waals surface area (Å²) in [5, 5.41) is 13.9. The predicted octanol–water partition coefficient (Wildman–Crippen LogP) is 17.9. The zero-order chi connectivity index (χ0) is 50.6. The van der Waals surface area contributed by atoms with Crippen molar-refractivity contribution >= 4 is 13.7 Å². The molecule has 0 heterocycles. The zero-order valence-electron chi connectivity index (χ0n) is 46.3. The second-order valence-corrected chi connectivity index (χ2v) is 22.8. The summed E-state index contributed by atoms with van der Waals surface area (Å²) in [4.78, 5) is 23.3. The number of carbonyl (C=O) groups is 1. The Morgan fingerprint density at radius 1 is 0.493 bits per heavy atom. The van der Waals surface area contributed by atoms with Crippen molar-refractivity contribution in [3.05, 3.63) is 48.6 Å². The monoisotopic (exact) mass is 992 g/mol. The molecule has 0 spiro atoms. The van der Waals surface area contributed by atoms with Crippen molar-refractivity contribution in [1.29, 1.82) is 0 Å². The molecule has 0 saturated heterocycles. The van der Waals surface area contributed by atoms with Crippen LogP contribution in [-0.4, -0.2) is 73.4 Å². The van der Waals surface area contributed by atoms with Gasteiger partial charge in [-0.1, -0.05) is 262 Å². The number of quaternary nitrogens is 1. The Balaban J connectivity index is 4.03. The van der Waals surface area contributed by atoms with Crippen LogP contribution in [0.15, 0.2) is 48.6 Å². The van der Waals surface area contributed by atoms with Gasteiger partial charge in [-0.15, -0.1) is 0 Å². The number of nitrogens with one attached hydrogen (secondary N) is 1.